The smallest absolute Gasteiger partial charge is 0.240 e. The van der Waals surface area contributed by atoms with Gasteiger partial charge in [-0.1, -0.05) is 30.3 Å². The van der Waals surface area contributed by atoms with Gasteiger partial charge in [-0.2, -0.15) is 0 Å². The molecule has 4 nitrogen and oxygen atoms in total. The molecule has 1 aliphatic rings. The summed E-state index contributed by atoms with van der Waals surface area (Å²) in [7, 11) is 5.53. The van der Waals surface area contributed by atoms with Gasteiger partial charge in [0, 0.05) is 13.5 Å². The minimum atomic E-state index is -0.683. The van der Waals surface area contributed by atoms with Gasteiger partial charge >= 0.3 is 0 Å². The molecule has 4 heteroatoms. The number of carbonyl (C=O) groups excluding carboxylic acids is 2. The number of rotatable bonds is 4. The number of amides is 2. The topological polar surface area (TPSA) is 40.6 Å². The van der Waals surface area contributed by atoms with Crippen molar-refractivity contribution in [3.05, 3.63) is 35.9 Å². The van der Waals surface area contributed by atoms with E-state index in [4.69, 9.17) is 0 Å². The second-order valence-corrected chi connectivity index (χ2v) is 5.44. The predicted molar refractivity (Wildman–Crippen MR) is 73.7 cm³/mol. The molecule has 0 aromatic heterocycles. The van der Waals surface area contributed by atoms with E-state index in [9.17, 15) is 9.59 Å². The van der Waals surface area contributed by atoms with Crippen molar-refractivity contribution >= 4 is 11.8 Å². The first kappa shape index (κ1) is 13.7. The zero-order valence-corrected chi connectivity index (χ0v) is 11.7. The fraction of sp³-hybridized carbons (Fsp3) is 0.467. The van der Waals surface area contributed by atoms with Gasteiger partial charge in [0.2, 0.25) is 11.8 Å². The minimum absolute atomic E-state index is 0.0782. The third-order valence-electron chi connectivity index (χ3n) is 3.85. The molecule has 2 rings (SSSR count). The molecule has 1 aliphatic heterocycles. The van der Waals surface area contributed by atoms with Crippen molar-refractivity contribution < 1.29 is 9.59 Å². The third kappa shape index (κ3) is 2.40. The highest BCUT2D eigenvalue weighted by atomic mass is 16.2. The van der Waals surface area contributed by atoms with Crippen LogP contribution >= 0.6 is 0 Å². The Kier molecular flexibility index (Phi) is 3.71. The molecular formula is C15H20N2O2. The first-order valence-electron chi connectivity index (χ1n) is 6.48. The van der Waals surface area contributed by atoms with Crippen LogP contribution in [-0.2, 0) is 15.0 Å². The van der Waals surface area contributed by atoms with Crippen molar-refractivity contribution in [3.63, 3.8) is 0 Å². The maximum atomic E-state index is 12.5. The van der Waals surface area contributed by atoms with E-state index in [0.717, 1.165) is 12.1 Å². The number of likely N-dealkylation sites (N-methyl/N-ethyl adjacent to an activating group) is 1. The van der Waals surface area contributed by atoms with Crippen LogP contribution in [0.5, 0.6) is 0 Å². The number of benzene rings is 1. The number of nitrogens with zero attached hydrogens (tertiary/aromatic N) is 2. The monoisotopic (exact) mass is 260 g/mol. The Balaban J connectivity index is 2.40. The third-order valence-corrected chi connectivity index (χ3v) is 3.85. The number of carbonyl (C=O) groups is 2. The summed E-state index contributed by atoms with van der Waals surface area (Å²) < 4.78 is 0. The van der Waals surface area contributed by atoms with Crippen LogP contribution in [0.3, 0.4) is 0 Å². The number of imide groups is 1. The molecular weight excluding hydrogens is 240 g/mol. The summed E-state index contributed by atoms with van der Waals surface area (Å²) in [6.07, 6.45) is 0.944. The van der Waals surface area contributed by atoms with Crippen LogP contribution in [0.2, 0.25) is 0 Å². The van der Waals surface area contributed by atoms with Crippen molar-refractivity contribution in [1.82, 2.24) is 9.80 Å². The second kappa shape index (κ2) is 5.13. The van der Waals surface area contributed by atoms with E-state index in [1.54, 1.807) is 7.05 Å². The van der Waals surface area contributed by atoms with Crippen LogP contribution in [0.1, 0.15) is 18.4 Å². The maximum Gasteiger partial charge on any atom is 0.240 e. The normalized spacial score (nSPS) is 23.5. The lowest BCUT2D eigenvalue weighted by molar-refractivity contribution is -0.138. The molecule has 1 heterocycles. The summed E-state index contributed by atoms with van der Waals surface area (Å²) in [5.41, 5.74) is 0.261. The molecule has 19 heavy (non-hydrogen) atoms. The predicted octanol–water partition coefficient (Wildman–Crippen LogP) is 1.26. The van der Waals surface area contributed by atoms with Crippen LogP contribution in [-0.4, -0.2) is 49.3 Å². The Morgan fingerprint density at radius 1 is 1.21 bits per heavy atom. The average molecular weight is 260 g/mol. The van der Waals surface area contributed by atoms with E-state index in [2.05, 4.69) is 0 Å². The van der Waals surface area contributed by atoms with Crippen molar-refractivity contribution in [2.24, 2.45) is 0 Å². The van der Waals surface area contributed by atoms with Gasteiger partial charge in [0.15, 0.2) is 0 Å². The van der Waals surface area contributed by atoms with Crippen LogP contribution in [0.15, 0.2) is 30.3 Å². The van der Waals surface area contributed by atoms with Gasteiger partial charge in [-0.05, 0) is 32.6 Å². The molecule has 0 spiro atoms. The molecule has 0 saturated carbocycles. The van der Waals surface area contributed by atoms with Crippen molar-refractivity contribution in [2.45, 2.75) is 18.3 Å². The zero-order valence-electron chi connectivity index (χ0n) is 11.7. The standard InChI is InChI=1S/C15H20N2O2/c1-16(2)10-9-15(12-7-5-4-6-8-12)11-13(18)17(3)14(15)19/h4-8H,9-11H2,1-3H3. The molecule has 1 saturated heterocycles. The van der Waals surface area contributed by atoms with E-state index in [0.29, 0.717) is 6.42 Å². The maximum absolute atomic E-state index is 12.5. The number of hydrogen-bond acceptors (Lipinski definition) is 3. The Labute approximate surface area is 114 Å². The Morgan fingerprint density at radius 3 is 2.32 bits per heavy atom. The van der Waals surface area contributed by atoms with Gasteiger partial charge in [-0.3, -0.25) is 14.5 Å². The van der Waals surface area contributed by atoms with Gasteiger partial charge in [0.1, 0.15) is 0 Å². The highest BCUT2D eigenvalue weighted by Gasteiger charge is 2.50. The Hall–Kier alpha value is -1.68. The van der Waals surface area contributed by atoms with Crippen LogP contribution < -0.4 is 0 Å². The Bertz CT molecular complexity index is 484. The van der Waals surface area contributed by atoms with Gasteiger partial charge < -0.3 is 4.90 Å². The lowest BCUT2D eigenvalue weighted by atomic mass is 9.76. The summed E-state index contributed by atoms with van der Waals surface area (Å²) in [6.45, 7) is 0.780. The fourth-order valence-corrected chi connectivity index (χ4v) is 2.62. The van der Waals surface area contributed by atoms with E-state index in [-0.39, 0.29) is 18.2 Å². The molecule has 2 amide bonds. The van der Waals surface area contributed by atoms with Gasteiger partial charge in [-0.25, -0.2) is 0 Å². The molecule has 1 unspecified atom stereocenters. The lowest BCUT2D eigenvalue weighted by Gasteiger charge is -2.28. The largest absolute Gasteiger partial charge is 0.309 e. The first-order valence-corrected chi connectivity index (χ1v) is 6.48. The van der Waals surface area contributed by atoms with E-state index < -0.39 is 5.41 Å². The molecule has 1 fully saturated rings. The second-order valence-electron chi connectivity index (χ2n) is 5.44. The SMILES string of the molecule is CN(C)CCC1(c2ccccc2)CC(=O)N(C)C1=O. The Morgan fingerprint density at radius 2 is 1.84 bits per heavy atom. The van der Waals surface area contributed by atoms with Crippen molar-refractivity contribution in [2.75, 3.05) is 27.7 Å². The summed E-state index contributed by atoms with van der Waals surface area (Å²) in [4.78, 5) is 27.8. The van der Waals surface area contributed by atoms with Crippen LogP contribution in [0.25, 0.3) is 0 Å². The number of hydrogen-bond donors (Lipinski definition) is 0. The highest BCUT2D eigenvalue weighted by Crippen LogP contribution is 2.39. The van der Waals surface area contributed by atoms with Crippen LogP contribution in [0, 0.1) is 0 Å². The minimum Gasteiger partial charge on any atom is -0.309 e. The summed E-state index contributed by atoms with van der Waals surface area (Å²) in [5, 5.41) is 0. The fourth-order valence-electron chi connectivity index (χ4n) is 2.62. The van der Waals surface area contributed by atoms with Gasteiger partial charge in [0.25, 0.3) is 0 Å². The van der Waals surface area contributed by atoms with Crippen LogP contribution in [0.4, 0.5) is 0 Å². The van der Waals surface area contributed by atoms with Crippen molar-refractivity contribution in [3.8, 4) is 0 Å². The molecule has 0 aliphatic carbocycles. The molecule has 0 radical (unpaired) electrons. The summed E-state index contributed by atoms with van der Waals surface area (Å²) in [6, 6.07) is 9.65. The molecule has 102 valence electrons. The first-order chi connectivity index (χ1) is 8.97. The summed E-state index contributed by atoms with van der Waals surface area (Å²) in [5.74, 6) is -0.168. The molecule has 1 aromatic rings. The van der Waals surface area contributed by atoms with Crippen molar-refractivity contribution in [1.29, 1.82) is 0 Å². The van der Waals surface area contributed by atoms with E-state index in [1.165, 1.54) is 4.90 Å². The van der Waals surface area contributed by atoms with Gasteiger partial charge in [-0.15, -0.1) is 0 Å². The zero-order chi connectivity index (χ0) is 14.0. The highest BCUT2D eigenvalue weighted by molar-refractivity contribution is 6.08. The van der Waals surface area contributed by atoms with E-state index >= 15 is 0 Å². The quantitative estimate of drug-likeness (QED) is 0.765. The molecule has 0 bridgehead atoms. The van der Waals surface area contributed by atoms with Gasteiger partial charge in [0.05, 0.1) is 5.41 Å². The van der Waals surface area contributed by atoms with E-state index in [1.807, 2.05) is 49.3 Å². The lowest BCUT2D eigenvalue weighted by Crippen LogP contribution is -2.38. The average Bonchev–Trinajstić information content (AvgIpc) is 2.63. The number of likely N-dealkylation sites (tertiary alicyclic amines) is 1. The molecule has 1 aromatic carbocycles. The summed E-state index contributed by atoms with van der Waals surface area (Å²) >= 11 is 0. The molecule has 0 N–H and O–H groups in total. The molecule has 1 atom stereocenters.